The Morgan fingerprint density at radius 1 is 1.31 bits per heavy atom. The normalized spacial score (nSPS) is 16.8. The van der Waals surface area contributed by atoms with E-state index in [1.807, 2.05) is 30.9 Å². The number of hydrogen-bond acceptors (Lipinski definition) is 5. The van der Waals surface area contributed by atoms with Crippen LogP contribution in [0.25, 0.3) is 0 Å². The fraction of sp³-hybridized carbons (Fsp3) is 0.500. The number of amides is 1. The van der Waals surface area contributed by atoms with Gasteiger partial charge in [0.25, 0.3) is 5.91 Å². The molecule has 3 rings (SSSR count). The number of benzene rings is 1. The average Bonchev–Trinajstić information content (AvgIpc) is 3.27. The Morgan fingerprint density at radius 2 is 2.08 bits per heavy atom. The summed E-state index contributed by atoms with van der Waals surface area (Å²) in [5, 5.41) is 0. The SMILES string of the molecule is CCc1nc(C)c(C(=O)N2CCC(Cc3ccc(OC)c(OC)c3)C2)o1. The van der Waals surface area contributed by atoms with Crippen molar-refractivity contribution >= 4 is 5.91 Å². The van der Waals surface area contributed by atoms with Gasteiger partial charge in [0.2, 0.25) is 5.76 Å². The molecule has 0 N–H and O–H groups in total. The van der Waals surface area contributed by atoms with Crippen molar-refractivity contribution in [2.75, 3.05) is 27.3 Å². The molecular formula is C20H26N2O4. The van der Waals surface area contributed by atoms with Gasteiger partial charge >= 0.3 is 0 Å². The summed E-state index contributed by atoms with van der Waals surface area (Å²) in [6.45, 7) is 5.27. The smallest absolute Gasteiger partial charge is 0.291 e. The van der Waals surface area contributed by atoms with E-state index in [1.165, 1.54) is 5.56 Å². The molecule has 1 aromatic carbocycles. The molecule has 1 aromatic heterocycles. The highest BCUT2D eigenvalue weighted by Gasteiger charge is 2.30. The second kappa shape index (κ2) is 7.81. The molecule has 1 aliphatic heterocycles. The lowest BCUT2D eigenvalue weighted by molar-refractivity contribution is 0.0752. The van der Waals surface area contributed by atoms with Crippen molar-refractivity contribution in [1.29, 1.82) is 0 Å². The van der Waals surface area contributed by atoms with Crippen LogP contribution in [0, 0.1) is 12.8 Å². The van der Waals surface area contributed by atoms with E-state index >= 15 is 0 Å². The first-order valence-electron chi connectivity index (χ1n) is 9.02. The number of carbonyl (C=O) groups is 1. The minimum Gasteiger partial charge on any atom is -0.493 e. The lowest BCUT2D eigenvalue weighted by atomic mass is 9.98. The minimum atomic E-state index is -0.0514. The van der Waals surface area contributed by atoms with Crippen LogP contribution in [0.2, 0.25) is 0 Å². The number of oxazole rings is 1. The fourth-order valence-electron chi connectivity index (χ4n) is 3.47. The van der Waals surface area contributed by atoms with Crippen LogP contribution in [-0.4, -0.2) is 43.1 Å². The third-order valence-electron chi connectivity index (χ3n) is 4.88. The van der Waals surface area contributed by atoms with Crippen molar-refractivity contribution in [1.82, 2.24) is 9.88 Å². The maximum atomic E-state index is 12.7. The molecule has 0 bridgehead atoms. The van der Waals surface area contributed by atoms with Gasteiger partial charge in [-0.05, 0) is 43.4 Å². The summed E-state index contributed by atoms with van der Waals surface area (Å²) in [6.07, 6.45) is 2.57. The molecule has 1 amide bonds. The molecule has 2 aromatic rings. The Balaban J connectivity index is 1.65. The quantitative estimate of drug-likeness (QED) is 0.793. The predicted octanol–water partition coefficient (Wildman–Crippen LogP) is 3.27. The maximum Gasteiger partial charge on any atom is 0.291 e. The molecule has 0 radical (unpaired) electrons. The molecule has 0 saturated carbocycles. The number of hydrogen-bond donors (Lipinski definition) is 0. The highest BCUT2D eigenvalue weighted by atomic mass is 16.5. The summed E-state index contributed by atoms with van der Waals surface area (Å²) in [5.41, 5.74) is 1.86. The fourth-order valence-corrected chi connectivity index (χ4v) is 3.47. The average molecular weight is 358 g/mol. The third-order valence-corrected chi connectivity index (χ3v) is 4.88. The third kappa shape index (κ3) is 3.69. The van der Waals surface area contributed by atoms with E-state index in [1.54, 1.807) is 14.2 Å². The van der Waals surface area contributed by atoms with Crippen molar-refractivity contribution < 1.29 is 18.7 Å². The number of aryl methyl sites for hydroxylation is 2. The molecule has 140 valence electrons. The van der Waals surface area contributed by atoms with E-state index in [4.69, 9.17) is 13.9 Å². The number of ether oxygens (including phenoxy) is 2. The van der Waals surface area contributed by atoms with Crippen LogP contribution in [0.3, 0.4) is 0 Å². The second-order valence-corrected chi connectivity index (χ2v) is 6.68. The van der Waals surface area contributed by atoms with Crippen LogP contribution in [0.4, 0.5) is 0 Å². The van der Waals surface area contributed by atoms with Gasteiger partial charge < -0.3 is 18.8 Å². The Hall–Kier alpha value is -2.50. The number of carbonyl (C=O) groups excluding carboxylic acids is 1. The van der Waals surface area contributed by atoms with Crippen molar-refractivity contribution in [2.24, 2.45) is 5.92 Å². The van der Waals surface area contributed by atoms with Gasteiger partial charge in [-0.3, -0.25) is 4.79 Å². The molecule has 0 aliphatic carbocycles. The number of nitrogens with zero attached hydrogens (tertiary/aromatic N) is 2. The van der Waals surface area contributed by atoms with Gasteiger partial charge in [0.05, 0.1) is 19.9 Å². The van der Waals surface area contributed by atoms with Crippen LogP contribution < -0.4 is 9.47 Å². The van der Waals surface area contributed by atoms with E-state index in [0.717, 1.165) is 37.4 Å². The molecule has 1 saturated heterocycles. The van der Waals surface area contributed by atoms with Gasteiger partial charge in [0, 0.05) is 19.5 Å². The summed E-state index contributed by atoms with van der Waals surface area (Å²) < 4.78 is 16.3. The van der Waals surface area contributed by atoms with Crippen LogP contribution in [-0.2, 0) is 12.8 Å². The van der Waals surface area contributed by atoms with E-state index in [9.17, 15) is 4.79 Å². The molecule has 1 fully saturated rings. The summed E-state index contributed by atoms with van der Waals surface area (Å²) >= 11 is 0. The predicted molar refractivity (Wildman–Crippen MR) is 97.9 cm³/mol. The van der Waals surface area contributed by atoms with E-state index < -0.39 is 0 Å². The molecule has 0 spiro atoms. The summed E-state index contributed by atoms with van der Waals surface area (Å²) in [5.74, 6) is 2.84. The summed E-state index contributed by atoms with van der Waals surface area (Å²) in [6, 6.07) is 5.99. The van der Waals surface area contributed by atoms with Gasteiger partial charge in [-0.2, -0.15) is 0 Å². The van der Waals surface area contributed by atoms with Crippen LogP contribution in [0.1, 0.15) is 41.0 Å². The maximum absolute atomic E-state index is 12.7. The van der Waals surface area contributed by atoms with Gasteiger partial charge in [-0.1, -0.05) is 13.0 Å². The van der Waals surface area contributed by atoms with Gasteiger partial charge in [0.1, 0.15) is 0 Å². The van der Waals surface area contributed by atoms with Crippen molar-refractivity contribution in [2.45, 2.75) is 33.1 Å². The van der Waals surface area contributed by atoms with Crippen LogP contribution in [0.5, 0.6) is 11.5 Å². The molecule has 26 heavy (non-hydrogen) atoms. The Kier molecular flexibility index (Phi) is 5.49. The van der Waals surface area contributed by atoms with E-state index in [0.29, 0.717) is 29.7 Å². The van der Waals surface area contributed by atoms with Crippen molar-refractivity contribution in [3.63, 3.8) is 0 Å². The zero-order valence-electron chi connectivity index (χ0n) is 15.9. The summed E-state index contributed by atoms with van der Waals surface area (Å²) in [7, 11) is 3.27. The molecule has 6 nitrogen and oxygen atoms in total. The highest BCUT2D eigenvalue weighted by molar-refractivity contribution is 5.92. The zero-order valence-corrected chi connectivity index (χ0v) is 15.9. The Labute approximate surface area is 154 Å². The van der Waals surface area contributed by atoms with Crippen molar-refractivity contribution in [3.8, 4) is 11.5 Å². The lowest BCUT2D eigenvalue weighted by Crippen LogP contribution is -2.29. The molecule has 1 unspecified atom stereocenters. The molecule has 2 heterocycles. The minimum absolute atomic E-state index is 0.0514. The first-order valence-corrected chi connectivity index (χ1v) is 9.02. The number of methoxy groups -OCH3 is 2. The zero-order chi connectivity index (χ0) is 18.7. The monoisotopic (exact) mass is 358 g/mol. The first-order chi connectivity index (χ1) is 12.5. The second-order valence-electron chi connectivity index (χ2n) is 6.68. The Morgan fingerprint density at radius 3 is 2.73 bits per heavy atom. The first kappa shape index (κ1) is 18.3. The van der Waals surface area contributed by atoms with Gasteiger partial charge in [-0.25, -0.2) is 4.98 Å². The molecule has 6 heteroatoms. The largest absolute Gasteiger partial charge is 0.493 e. The molecule has 1 atom stereocenters. The topological polar surface area (TPSA) is 64.8 Å². The highest BCUT2D eigenvalue weighted by Crippen LogP contribution is 2.30. The van der Waals surface area contributed by atoms with Crippen molar-refractivity contribution in [3.05, 3.63) is 41.1 Å². The molecular weight excluding hydrogens is 332 g/mol. The summed E-state index contributed by atoms with van der Waals surface area (Å²) in [4.78, 5) is 18.9. The van der Waals surface area contributed by atoms with Crippen LogP contribution in [0.15, 0.2) is 22.6 Å². The van der Waals surface area contributed by atoms with Gasteiger partial charge in [0.15, 0.2) is 17.4 Å². The van der Waals surface area contributed by atoms with Gasteiger partial charge in [-0.15, -0.1) is 0 Å². The number of likely N-dealkylation sites (tertiary alicyclic amines) is 1. The van der Waals surface area contributed by atoms with E-state index in [2.05, 4.69) is 11.1 Å². The number of aromatic nitrogens is 1. The van der Waals surface area contributed by atoms with Crippen LogP contribution >= 0.6 is 0 Å². The van der Waals surface area contributed by atoms with E-state index in [-0.39, 0.29) is 5.91 Å². The number of rotatable bonds is 6. The Bertz CT molecular complexity index is 784. The lowest BCUT2D eigenvalue weighted by Gasteiger charge is -2.16. The molecule has 1 aliphatic rings. The standard InChI is InChI=1S/C20H26N2O4/c1-5-18-21-13(2)19(26-18)20(23)22-9-8-15(12-22)10-14-6-7-16(24-3)17(11-14)25-4/h6-7,11,15H,5,8-10,12H2,1-4H3.